The number of halogens is 4. The first-order valence-electron chi connectivity index (χ1n) is 4.32. The molecule has 0 aliphatic carbocycles. The number of rotatable bonds is 4. The smallest absolute Gasteiger partial charge is 0.489 e. The average molecular weight is 287 g/mol. The highest BCUT2D eigenvalue weighted by molar-refractivity contribution is 6.17. The summed E-state index contributed by atoms with van der Waals surface area (Å²) < 4.78 is 44.7. The highest BCUT2D eigenvalue weighted by atomic mass is 35.5. The minimum atomic E-state index is -5.10. The Morgan fingerprint density at radius 1 is 1.56 bits per heavy atom. The number of nitrogens with zero attached hydrogens (tertiary/aromatic N) is 2. The van der Waals surface area contributed by atoms with Crippen LogP contribution in [0.1, 0.15) is 5.69 Å². The molecular weight excluding hydrogens is 281 g/mol. The van der Waals surface area contributed by atoms with Crippen molar-refractivity contribution in [2.75, 3.05) is 7.11 Å². The number of nitro groups is 1. The first-order chi connectivity index (χ1) is 8.30. The van der Waals surface area contributed by atoms with Crippen LogP contribution in [-0.4, -0.2) is 23.4 Å². The molecule has 0 atom stereocenters. The molecule has 1 aromatic rings. The molecule has 0 bridgehead atoms. The largest absolute Gasteiger partial charge is 0.573 e. The van der Waals surface area contributed by atoms with Crippen LogP contribution in [-0.2, 0) is 5.88 Å². The molecule has 1 aromatic heterocycles. The number of aromatic nitrogens is 1. The van der Waals surface area contributed by atoms with Crippen molar-refractivity contribution in [3.05, 3.63) is 22.0 Å². The first kappa shape index (κ1) is 14.3. The zero-order valence-corrected chi connectivity index (χ0v) is 9.58. The van der Waals surface area contributed by atoms with Gasteiger partial charge in [-0.25, -0.2) is 0 Å². The number of pyridine rings is 1. The fourth-order valence-corrected chi connectivity index (χ4v) is 1.34. The molecule has 10 heteroatoms. The molecule has 0 saturated heterocycles. The lowest BCUT2D eigenvalue weighted by molar-refractivity contribution is -0.389. The normalized spacial score (nSPS) is 11.2. The second kappa shape index (κ2) is 5.25. The molecular formula is C8H6ClF3N2O4. The Hall–Kier alpha value is -1.77. The molecule has 0 aliphatic rings. The first-order valence-corrected chi connectivity index (χ1v) is 4.85. The van der Waals surface area contributed by atoms with E-state index in [1.807, 2.05) is 0 Å². The number of methoxy groups -OCH3 is 1. The van der Waals surface area contributed by atoms with E-state index in [0.717, 1.165) is 13.3 Å². The van der Waals surface area contributed by atoms with Gasteiger partial charge in [-0.1, -0.05) is 0 Å². The molecule has 0 radical (unpaired) electrons. The fraction of sp³-hybridized carbons (Fsp3) is 0.375. The van der Waals surface area contributed by atoms with Gasteiger partial charge in [0.05, 0.1) is 24.1 Å². The van der Waals surface area contributed by atoms with Crippen LogP contribution in [0, 0.1) is 10.1 Å². The van der Waals surface area contributed by atoms with Gasteiger partial charge in [0.15, 0.2) is 0 Å². The van der Waals surface area contributed by atoms with Crippen molar-refractivity contribution in [3.8, 4) is 11.5 Å². The quantitative estimate of drug-likeness (QED) is 0.483. The fourth-order valence-electron chi connectivity index (χ4n) is 1.15. The maximum Gasteiger partial charge on any atom is 0.573 e. The van der Waals surface area contributed by atoms with Crippen molar-refractivity contribution in [1.82, 2.24) is 4.98 Å². The number of ether oxygens (including phenoxy) is 2. The number of hydrogen-bond donors (Lipinski definition) is 0. The monoisotopic (exact) mass is 286 g/mol. The van der Waals surface area contributed by atoms with Crippen LogP contribution < -0.4 is 9.47 Å². The molecule has 0 aliphatic heterocycles. The number of alkyl halides is 4. The molecule has 0 saturated carbocycles. The Morgan fingerprint density at radius 2 is 2.17 bits per heavy atom. The van der Waals surface area contributed by atoms with Crippen LogP contribution in [0.4, 0.5) is 18.9 Å². The predicted octanol–water partition coefficient (Wildman–Crippen LogP) is 2.64. The van der Waals surface area contributed by atoms with E-state index in [1.165, 1.54) is 0 Å². The molecule has 0 amide bonds. The van der Waals surface area contributed by atoms with Crippen molar-refractivity contribution in [3.63, 3.8) is 0 Å². The summed E-state index contributed by atoms with van der Waals surface area (Å²) in [6, 6.07) is 0. The topological polar surface area (TPSA) is 74.5 Å². The Balaban J connectivity index is 3.45. The van der Waals surface area contributed by atoms with Crippen LogP contribution in [0.25, 0.3) is 0 Å². The number of hydrogen-bond acceptors (Lipinski definition) is 5. The van der Waals surface area contributed by atoms with Gasteiger partial charge in [0.25, 0.3) is 0 Å². The molecule has 18 heavy (non-hydrogen) atoms. The van der Waals surface area contributed by atoms with Crippen LogP contribution in [0.15, 0.2) is 6.20 Å². The van der Waals surface area contributed by atoms with Gasteiger partial charge in [-0.15, -0.1) is 24.8 Å². The van der Waals surface area contributed by atoms with Gasteiger partial charge in [0.1, 0.15) is 5.69 Å². The molecule has 6 nitrogen and oxygen atoms in total. The second-order valence-electron chi connectivity index (χ2n) is 2.89. The maximum atomic E-state index is 12.2. The lowest BCUT2D eigenvalue weighted by Crippen LogP contribution is -2.19. The zero-order valence-electron chi connectivity index (χ0n) is 8.82. The maximum absolute atomic E-state index is 12.2. The van der Waals surface area contributed by atoms with Crippen molar-refractivity contribution >= 4 is 17.3 Å². The Labute approximate surface area is 103 Å². The summed E-state index contributed by atoms with van der Waals surface area (Å²) in [6.07, 6.45) is -4.20. The van der Waals surface area contributed by atoms with E-state index in [2.05, 4.69) is 14.5 Å². The van der Waals surface area contributed by atoms with Gasteiger partial charge >= 0.3 is 12.0 Å². The highest BCUT2D eigenvalue weighted by Crippen LogP contribution is 2.41. The lowest BCUT2D eigenvalue weighted by atomic mass is 10.3. The molecule has 0 unspecified atom stereocenters. The van der Waals surface area contributed by atoms with Crippen molar-refractivity contribution in [2.45, 2.75) is 12.2 Å². The van der Waals surface area contributed by atoms with E-state index in [0.29, 0.717) is 0 Å². The van der Waals surface area contributed by atoms with Gasteiger partial charge in [-0.3, -0.25) is 15.1 Å². The van der Waals surface area contributed by atoms with Gasteiger partial charge < -0.3 is 9.47 Å². The summed E-state index contributed by atoms with van der Waals surface area (Å²) in [6.45, 7) is 0. The summed E-state index contributed by atoms with van der Waals surface area (Å²) >= 11 is 5.36. The van der Waals surface area contributed by atoms with E-state index >= 15 is 0 Å². The van der Waals surface area contributed by atoms with E-state index in [1.54, 1.807) is 0 Å². The van der Waals surface area contributed by atoms with E-state index in [-0.39, 0.29) is 0 Å². The van der Waals surface area contributed by atoms with Gasteiger partial charge in [0, 0.05) is 0 Å². The summed E-state index contributed by atoms with van der Waals surface area (Å²) in [7, 11) is 1.06. The molecule has 1 rings (SSSR count). The second-order valence-corrected chi connectivity index (χ2v) is 3.16. The predicted molar refractivity (Wildman–Crippen MR) is 53.7 cm³/mol. The van der Waals surface area contributed by atoms with Gasteiger partial charge in [0.2, 0.25) is 11.5 Å². The molecule has 100 valence electrons. The molecule has 0 N–H and O–H groups in total. The van der Waals surface area contributed by atoms with E-state index in [4.69, 9.17) is 11.6 Å². The lowest BCUT2D eigenvalue weighted by Gasteiger charge is -2.12. The molecule has 0 spiro atoms. The van der Waals surface area contributed by atoms with Crippen LogP contribution in [0.2, 0.25) is 0 Å². The minimum absolute atomic E-state index is 0.401. The van der Waals surface area contributed by atoms with E-state index in [9.17, 15) is 23.3 Å². The summed E-state index contributed by atoms with van der Waals surface area (Å²) in [5, 5.41) is 10.8. The van der Waals surface area contributed by atoms with Crippen molar-refractivity contribution < 1.29 is 27.6 Å². The van der Waals surface area contributed by atoms with Gasteiger partial charge in [-0.05, 0) is 0 Å². The van der Waals surface area contributed by atoms with Crippen LogP contribution >= 0.6 is 11.6 Å². The molecule has 0 fully saturated rings. The minimum Gasteiger partial charge on any atom is -0.489 e. The van der Waals surface area contributed by atoms with Crippen molar-refractivity contribution in [2.24, 2.45) is 0 Å². The molecule has 1 heterocycles. The third kappa shape index (κ3) is 3.13. The zero-order chi connectivity index (χ0) is 13.9. The van der Waals surface area contributed by atoms with Crippen LogP contribution in [0.3, 0.4) is 0 Å². The SMILES string of the molecule is COc1cnc(CCl)c(OC(F)(F)F)c1[N+](=O)[O-]. The Bertz CT molecular complexity index is 466. The summed E-state index contributed by atoms with van der Waals surface area (Å²) in [4.78, 5) is 13.2. The molecule has 0 aromatic carbocycles. The average Bonchev–Trinajstić information content (AvgIpc) is 2.25. The standard InChI is InChI=1S/C8H6ClF3N2O4/c1-17-5-3-13-4(2-9)7(6(5)14(15)16)18-8(10,11)12/h3H,2H2,1H3. The summed E-state index contributed by atoms with van der Waals surface area (Å²) in [5.74, 6) is -1.99. The van der Waals surface area contributed by atoms with Gasteiger partial charge in [-0.2, -0.15) is 0 Å². The van der Waals surface area contributed by atoms with Crippen molar-refractivity contribution in [1.29, 1.82) is 0 Å². The third-order valence-corrected chi connectivity index (χ3v) is 2.05. The third-order valence-electron chi connectivity index (χ3n) is 1.80. The van der Waals surface area contributed by atoms with Crippen LogP contribution in [0.5, 0.6) is 11.5 Å². The summed E-state index contributed by atoms with van der Waals surface area (Å²) in [5.41, 5.74) is -1.37. The Kier molecular flexibility index (Phi) is 4.17. The highest BCUT2D eigenvalue weighted by Gasteiger charge is 2.38. The Morgan fingerprint density at radius 3 is 2.56 bits per heavy atom. The van der Waals surface area contributed by atoms with E-state index < -0.39 is 40.0 Å².